The molecule has 0 heterocycles. The monoisotopic (exact) mass is 1470 g/mol. The van der Waals surface area contributed by atoms with Gasteiger partial charge in [-0.3, -0.25) is 37.3 Å². The van der Waals surface area contributed by atoms with Crippen molar-refractivity contribution in [1.82, 2.24) is 0 Å². The molecule has 0 saturated carbocycles. The van der Waals surface area contributed by atoms with Gasteiger partial charge in [-0.05, 0) is 31.6 Å². The molecule has 0 aromatic carbocycles. The summed E-state index contributed by atoms with van der Waals surface area (Å²) in [7, 11) is -9.92. The van der Waals surface area contributed by atoms with Gasteiger partial charge in [-0.25, -0.2) is 9.13 Å². The zero-order chi connectivity index (χ0) is 73.4. The number of phosphoric acid groups is 2. The van der Waals surface area contributed by atoms with Crippen molar-refractivity contribution < 1.29 is 80.2 Å². The van der Waals surface area contributed by atoms with Gasteiger partial charge in [0, 0.05) is 25.7 Å². The molecule has 0 saturated heterocycles. The normalized spacial score (nSPS) is 13.8. The van der Waals surface area contributed by atoms with Gasteiger partial charge in [0.25, 0.3) is 0 Å². The van der Waals surface area contributed by atoms with Crippen LogP contribution >= 0.6 is 15.6 Å². The zero-order valence-corrected chi connectivity index (χ0v) is 67.1. The molecule has 0 rings (SSSR count). The topological polar surface area (TPSA) is 237 Å². The Bertz CT molecular complexity index is 1910. The molecule has 0 radical (unpaired) electrons. The zero-order valence-electron chi connectivity index (χ0n) is 65.3. The number of ether oxygens (including phenoxy) is 4. The van der Waals surface area contributed by atoms with Gasteiger partial charge >= 0.3 is 39.5 Å². The van der Waals surface area contributed by atoms with Crippen molar-refractivity contribution in [2.75, 3.05) is 39.6 Å². The lowest BCUT2D eigenvalue weighted by atomic mass is 10.0. The molecule has 100 heavy (non-hydrogen) atoms. The molecular weight excluding hydrogens is 1310 g/mol. The fourth-order valence-corrected chi connectivity index (χ4v) is 14.2. The van der Waals surface area contributed by atoms with Crippen molar-refractivity contribution in [2.24, 2.45) is 5.92 Å². The lowest BCUT2D eigenvalue weighted by Gasteiger charge is -2.21. The maximum absolute atomic E-state index is 13.1. The van der Waals surface area contributed by atoms with Crippen LogP contribution in [0.25, 0.3) is 0 Å². The highest BCUT2D eigenvalue weighted by Gasteiger charge is 2.30. The van der Waals surface area contributed by atoms with E-state index in [-0.39, 0.29) is 25.7 Å². The number of carbonyl (C=O) groups is 4. The van der Waals surface area contributed by atoms with Gasteiger partial charge in [-0.1, -0.05) is 381 Å². The van der Waals surface area contributed by atoms with E-state index in [2.05, 4.69) is 34.6 Å². The van der Waals surface area contributed by atoms with Crippen molar-refractivity contribution in [2.45, 2.75) is 451 Å². The highest BCUT2D eigenvalue weighted by atomic mass is 31.2. The number of hydrogen-bond acceptors (Lipinski definition) is 15. The molecule has 0 aromatic rings. The van der Waals surface area contributed by atoms with Gasteiger partial charge in [-0.2, -0.15) is 0 Å². The van der Waals surface area contributed by atoms with Crippen LogP contribution in [0.1, 0.15) is 433 Å². The van der Waals surface area contributed by atoms with Crippen molar-refractivity contribution >= 4 is 39.5 Å². The van der Waals surface area contributed by atoms with Crippen LogP contribution in [0.15, 0.2) is 0 Å². The first kappa shape index (κ1) is 98.1. The predicted molar refractivity (Wildman–Crippen MR) is 409 cm³/mol. The third kappa shape index (κ3) is 74.3. The molecule has 0 aliphatic heterocycles. The average molecular weight is 1470 g/mol. The first-order chi connectivity index (χ1) is 48.5. The van der Waals surface area contributed by atoms with E-state index in [1.165, 1.54) is 250 Å². The molecule has 0 amide bonds. The lowest BCUT2D eigenvalue weighted by molar-refractivity contribution is -0.161. The third-order valence-corrected chi connectivity index (χ3v) is 20.9. The summed E-state index contributed by atoms with van der Waals surface area (Å²) in [6.45, 7) is 7.25. The van der Waals surface area contributed by atoms with E-state index >= 15 is 0 Å². The van der Waals surface area contributed by atoms with E-state index in [0.29, 0.717) is 31.6 Å². The van der Waals surface area contributed by atoms with Gasteiger partial charge < -0.3 is 33.8 Å². The summed E-state index contributed by atoms with van der Waals surface area (Å²) >= 11 is 0. The summed E-state index contributed by atoms with van der Waals surface area (Å²) in [6.07, 6.45) is 65.4. The highest BCUT2D eigenvalue weighted by Crippen LogP contribution is 2.45. The highest BCUT2D eigenvalue weighted by molar-refractivity contribution is 7.47. The quantitative estimate of drug-likeness (QED) is 0.0222. The van der Waals surface area contributed by atoms with Crippen molar-refractivity contribution in [3.8, 4) is 0 Å². The van der Waals surface area contributed by atoms with Crippen LogP contribution in [0.2, 0.25) is 0 Å². The standard InChI is InChI=1S/C81H158O17P2/c1-6-9-12-15-18-21-24-27-30-32-33-34-36-38-41-44-47-50-57-62-67-80(85)97-76(70-91-78(83)64-59-54-48-45-42-40-37-35-31-28-25-22-19-16-13-10-7-2)72-95-99(87,88)93-68-75(82)69-94-100(89,90)96-73-77(71-92-79(84)65-60-55-52-51-53-58-63-74(4)5)98-81(86)66-61-56-49-46-43-39-29-26-23-20-17-14-11-8-3/h74-77,82H,6-73H2,1-5H3,(H,87,88)(H,89,90)/t75-,76-,77-/m1/s1. The largest absolute Gasteiger partial charge is 0.472 e. The van der Waals surface area contributed by atoms with Gasteiger partial charge in [0.15, 0.2) is 12.2 Å². The van der Waals surface area contributed by atoms with Crippen LogP contribution < -0.4 is 0 Å². The SMILES string of the molecule is CCCCCCCCCCCCCCCCCCCCCCC(=O)O[C@H](COC(=O)CCCCCCCCCCCCCCCCCCC)COP(=O)(O)OC[C@@H](O)COP(=O)(O)OC[C@@H](COC(=O)CCCCCCCCC(C)C)OC(=O)CCCCCCCCCCCCCCCC. The van der Waals surface area contributed by atoms with E-state index < -0.39 is 97.5 Å². The number of aliphatic hydroxyl groups is 1. The Morgan fingerprint density at radius 1 is 0.270 bits per heavy atom. The van der Waals surface area contributed by atoms with Crippen LogP contribution in [-0.4, -0.2) is 96.7 Å². The minimum Gasteiger partial charge on any atom is -0.462 e. The lowest BCUT2D eigenvalue weighted by Crippen LogP contribution is -2.30. The molecule has 2 unspecified atom stereocenters. The molecule has 0 aromatic heterocycles. The summed E-state index contributed by atoms with van der Waals surface area (Å²) < 4.78 is 68.7. The number of carbonyl (C=O) groups excluding carboxylic acids is 4. The van der Waals surface area contributed by atoms with Crippen LogP contribution in [0.3, 0.4) is 0 Å². The number of rotatable bonds is 81. The Balaban J connectivity index is 5.21. The summed E-state index contributed by atoms with van der Waals surface area (Å²) in [5.74, 6) is -1.43. The molecule has 0 aliphatic rings. The molecule has 0 bridgehead atoms. The van der Waals surface area contributed by atoms with Gasteiger partial charge in [-0.15, -0.1) is 0 Å². The predicted octanol–water partition coefficient (Wildman–Crippen LogP) is 24.4. The molecule has 0 fully saturated rings. The summed E-state index contributed by atoms with van der Waals surface area (Å²) in [5.41, 5.74) is 0. The molecule has 0 aliphatic carbocycles. The van der Waals surface area contributed by atoms with E-state index in [1.54, 1.807) is 0 Å². The average Bonchev–Trinajstić information content (AvgIpc) is 0.935. The smallest absolute Gasteiger partial charge is 0.462 e. The number of unbranched alkanes of at least 4 members (excludes halogenated alkanes) is 53. The number of esters is 4. The summed E-state index contributed by atoms with van der Waals surface area (Å²) in [4.78, 5) is 73.0. The number of phosphoric ester groups is 2. The maximum Gasteiger partial charge on any atom is 0.472 e. The third-order valence-electron chi connectivity index (χ3n) is 19.0. The second kappa shape index (κ2) is 73.9. The first-order valence-corrected chi connectivity index (χ1v) is 45.1. The van der Waals surface area contributed by atoms with Gasteiger partial charge in [0.2, 0.25) is 0 Å². The van der Waals surface area contributed by atoms with E-state index in [9.17, 15) is 43.2 Å². The molecule has 594 valence electrons. The van der Waals surface area contributed by atoms with Crippen LogP contribution in [0.5, 0.6) is 0 Å². The fraction of sp³-hybridized carbons (Fsp3) is 0.951. The van der Waals surface area contributed by atoms with Crippen molar-refractivity contribution in [1.29, 1.82) is 0 Å². The van der Waals surface area contributed by atoms with Crippen molar-refractivity contribution in [3.05, 3.63) is 0 Å². The minimum absolute atomic E-state index is 0.107. The minimum atomic E-state index is -4.96. The Hall–Kier alpha value is -1.94. The Morgan fingerprint density at radius 2 is 0.460 bits per heavy atom. The second-order valence-corrected chi connectivity index (χ2v) is 32.5. The summed E-state index contributed by atoms with van der Waals surface area (Å²) in [5, 5.41) is 10.6. The number of aliphatic hydroxyl groups excluding tert-OH is 1. The molecule has 3 N–H and O–H groups in total. The maximum atomic E-state index is 13.1. The van der Waals surface area contributed by atoms with Crippen molar-refractivity contribution in [3.63, 3.8) is 0 Å². The molecule has 0 spiro atoms. The van der Waals surface area contributed by atoms with Gasteiger partial charge in [0.05, 0.1) is 26.4 Å². The van der Waals surface area contributed by atoms with E-state index in [1.807, 2.05) is 0 Å². The van der Waals surface area contributed by atoms with Crippen LogP contribution in [-0.2, 0) is 65.4 Å². The van der Waals surface area contributed by atoms with Gasteiger partial charge in [0.1, 0.15) is 19.3 Å². The molecule has 19 heteroatoms. The Morgan fingerprint density at radius 3 is 0.680 bits per heavy atom. The Labute approximate surface area is 613 Å². The molecule has 17 nitrogen and oxygen atoms in total. The Kier molecular flexibility index (Phi) is 72.5. The fourth-order valence-electron chi connectivity index (χ4n) is 12.6. The van der Waals surface area contributed by atoms with E-state index in [4.69, 9.17) is 37.0 Å². The number of hydrogen-bond donors (Lipinski definition) is 3. The summed E-state index contributed by atoms with van der Waals surface area (Å²) in [6, 6.07) is 0. The second-order valence-electron chi connectivity index (χ2n) is 29.6. The molecule has 5 atom stereocenters. The van der Waals surface area contributed by atoms with E-state index in [0.717, 1.165) is 96.3 Å². The molecular formula is C81H158O17P2. The van der Waals surface area contributed by atoms with Crippen LogP contribution in [0, 0.1) is 5.92 Å². The van der Waals surface area contributed by atoms with Crippen LogP contribution in [0.4, 0.5) is 0 Å². The first-order valence-electron chi connectivity index (χ1n) is 42.1.